The third-order valence-electron chi connectivity index (χ3n) is 4.49. The monoisotopic (exact) mass is 388 g/mol. The van der Waals surface area contributed by atoms with Crippen molar-refractivity contribution in [2.24, 2.45) is 0 Å². The fourth-order valence-corrected chi connectivity index (χ4v) is 3.74. The molecular weight excluding hydrogens is 364 g/mol. The summed E-state index contributed by atoms with van der Waals surface area (Å²) in [6, 6.07) is 12.2. The molecule has 0 spiro atoms. The van der Waals surface area contributed by atoms with Crippen LogP contribution in [0.25, 0.3) is 0 Å². The Kier molecular flexibility index (Phi) is 5.70. The molecule has 1 aliphatic rings. The van der Waals surface area contributed by atoms with Gasteiger partial charge in [0.05, 0.1) is 18.0 Å². The van der Waals surface area contributed by atoms with Gasteiger partial charge in [0, 0.05) is 17.3 Å². The molecule has 3 rings (SSSR count). The third kappa shape index (κ3) is 5.47. The van der Waals surface area contributed by atoms with Crippen molar-refractivity contribution in [1.82, 2.24) is 0 Å². The summed E-state index contributed by atoms with van der Waals surface area (Å²) in [5, 5.41) is 2.84. The van der Waals surface area contributed by atoms with Crippen LogP contribution in [0.4, 0.5) is 11.4 Å². The minimum Gasteiger partial charge on any atom is -0.490 e. The van der Waals surface area contributed by atoms with Crippen LogP contribution in [0.2, 0.25) is 0 Å². The van der Waals surface area contributed by atoms with Gasteiger partial charge in [-0.15, -0.1) is 0 Å². The van der Waals surface area contributed by atoms with Crippen molar-refractivity contribution in [2.75, 3.05) is 16.3 Å². The number of anilines is 2. The lowest BCUT2D eigenvalue weighted by Gasteiger charge is -2.14. The van der Waals surface area contributed by atoms with Gasteiger partial charge in [-0.3, -0.25) is 9.52 Å². The van der Waals surface area contributed by atoms with Crippen molar-refractivity contribution in [3.63, 3.8) is 0 Å². The van der Waals surface area contributed by atoms with Crippen LogP contribution >= 0.6 is 0 Å². The van der Waals surface area contributed by atoms with Crippen molar-refractivity contribution in [1.29, 1.82) is 0 Å². The van der Waals surface area contributed by atoms with Gasteiger partial charge < -0.3 is 10.1 Å². The number of hydrogen-bond donors (Lipinski definition) is 2. The van der Waals surface area contributed by atoms with Crippen LogP contribution in [0.15, 0.2) is 42.5 Å². The Balaban J connectivity index is 1.72. The van der Waals surface area contributed by atoms with Gasteiger partial charge in [0.2, 0.25) is 10.0 Å². The van der Waals surface area contributed by atoms with E-state index in [-0.39, 0.29) is 12.0 Å². The molecule has 0 unspecified atom stereocenters. The minimum absolute atomic E-state index is 0.248. The topological polar surface area (TPSA) is 84.5 Å². The molecule has 0 heterocycles. The van der Waals surface area contributed by atoms with Crippen LogP contribution in [-0.4, -0.2) is 26.7 Å². The Hall–Kier alpha value is -2.54. The second-order valence-electron chi connectivity index (χ2n) is 6.91. The molecule has 1 saturated carbocycles. The molecule has 7 heteroatoms. The summed E-state index contributed by atoms with van der Waals surface area (Å²) in [5.74, 6) is 0.424. The highest BCUT2D eigenvalue weighted by Crippen LogP contribution is 2.26. The predicted octanol–water partition coefficient (Wildman–Crippen LogP) is 3.94. The molecule has 0 radical (unpaired) electrons. The highest BCUT2D eigenvalue weighted by atomic mass is 32.2. The number of amides is 1. The number of hydrogen-bond acceptors (Lipinski definition) is 4. The molecule has 144 valence electrons. The zero-order valence-electron chi connectivity index (χ0n) is 15.5. The van der Waals surface area contributed by atoms with E-state index in [4.69, 9.17) is 4.74 Å². The Morgan fingerprint density at radius 3 is 2.56 bits per heavy atom. The van der Waals surface area contributed by atoms with Gasteiger partial charge in [-0.1, -0.05) is 12.1 Å². The molecule has 0 aromatic heterocycles. The molecule has 2 N–H and O–H groups in total. The van der Waals surface area contributed by atoms with Crippen molar-refractivity contribution in [3.05, 3.63) is 53.6 Å². The number of carbonyl (C=O) groups is 1. The Bertz CT molecular complexity index is 935. The van der Waals surface area contributed by atoms with E-state index in [0.29, 0.717) is 16.9 Å². The summed E-state index contributed by atoms with van der Waals surface area (Å²) in [4.78, 5) is 12.6. The molecule has 27 heavy (non-hydrogen) atoms. The third-order valence-corrected chi connectivity index (χ3v) is 5.08. The summed E-state index contributed by atoms with van der Waals surface area (Å²) in [6.07, 6.45) is 5.84. The standard InChI is InChI=1S/C20H24N2O4S/c1-14-10-11-15(12-19(14)22-27(2,24)25)20(23)21-16-6-5-9-18(13-16)26-17-7-3-4-8-17/h5-6,9-13,17,22H,3-4,7-8H2,1-2H3,(H,21,23). The Morgan fingerprint density at radius 2 is 1.85 bits per heavy atom. The summed E-state index contributed by atoms with van der Waals surface area (Å²) in [6.45, 7) is 1.78. The molecule has 6 nitrogen and oxygen atoms in total. The first-order valence-corrected chi connectivity index (χ1v) is 10.9. The lowest BCUT2D eigenvalue weighted by Crippen LogP contribution is -2.15. The van der Waals surface area contributed by atoms with E-state index in [1.165, 1.54) is 18.9 Å². The largest absolute Gasteiger partial charge is 0.490 e. The second-order valence-corrected chi connectivity index (χ2v) is 8.66. The van der Waals surface area contributed by atoms with Crippen LogP contribution in [0.3, 0.4) is 0 Å². The number of nitrogens with one attached hydrogen (secondary N) is 2. The summed E-state index contributed by atoms with van der Waals surface area (Å²) in [5.41, 5.74) is 2.13. The van der Waals surface area contributed by atoms with Gasteiger partial charge >= 0.3 is 0 Å². The van der Waals surface area contributed by atoms with Crippen LogP contribution in [0, 0.1) is 6.92 Å². The predicted molar refractivity (Wildman–Crippen MR) is 107 cm³/mol. The molecule has 0 aliphatic heterocycles. The van der Waals surface area contributed by atoms with E-state index in [1.54, 1.807) is 31.2 Å². The zero-order valence-corrected chi connectivity index (χ0v) is 16.3. The molecule has 0 saturated heterocycles. The lowest BCUT2D eigenvalue weighted by molar-refractivity contribution is 0.102. The lowest BCUT2D eigenvalue weighted by atomic mass is 10.1. The first kappa shape index (κ1) is 19.2. The first-order chi connectivity index (χ1) is 12.8. The van der Waals surface area contributed by atoms with Crippen molar-refractivity contribution >= 4 is 27.3 Å². The highest BCUT2D eigenvalue weighted by molar-refractivity contribution is 7.92. The van der Waals surface area contributed by atoms with Crippen molar-refractivity contribution < 1.29 is 17.9 Å². The van der Waals surface area contributed by atoms with E-state index in [0.717, 1.165) is 30.4 Å². The molecule has 1 aliphatic carbocycles. The van der Waals surface area contributed by atoms with E-state index >= 15 is 0 Å². The molecule has 2 aromatic rings. The van der Waals surface area contributed by atoms with Crippen molar-refractivity contribution in [2.45, 2.75) is 38.7 Å². The van der Waals surface area contributed by atoms with E-state index in [9.17, 15) is 13.2 Å². The number of benzene rings is 2. The normalized spacial score (nSPS) is 14.7. The zero-order chi connectivity index (χ0) is 19.4. The van der Waals surface area contributed by atoms with Gasteiger partial charge in [-0.2, -0.15) is 0 Å². The molecule has 0 bridgehead atoms. The maximum atomic E-state index is 12.6. The van der Waals surface area contributed by atoms with Gasteiger partial charge in [0.15, 0.2) is 0 Å². The Labute approximate surface area is 160 Å². The SMILES string of the molecule is Cc1ccc(C(=O)Nc2cccc(OC3CCCC3)c2)cc1NS(C)(=O)=O. The highest BCUT2D eigenvalue weighted by Gasteiger charge is 2.17. The maximum absolute atomic E-state index is 12.6. The average molecular weight is 388 g/mol. The van der Waals surface area contributed by atoms with Crippen LogP contribution < -0.4 is 14.8 Å². The summed E-state index contributed by atoms with van der Waals surface area (Å²) in [7, 11) is -3.42. The molecule has 1 fully saturated rings. The van der Waals surface area contributed by atoms with Crippen molar-refractivity contribution in [3.8, 4) is 5.75 Å². The van der Waals surface area contributed by atoms with Crippen LogP contribution in [-0.2, 0) is 10.0 Å². The van der Waals surface area contributed by atoms with E-state index in [2.05, 4.69) is 10.0 Å². The van der Waals surface area contributed by atoms with E-state index in [1.807, 2.05) is 12.1 Å². The molecule has 2 aromatic carbocycles. The number of carbonyl (C=O) groups excluding carboxylic acids is 1. The number of rotatable bonds is 6. The van der Waals surface area contributed by atoms with E-state index < -0.39 is 10.0 Å². The fourth-order valence-electron chi connectivity index (χ4n) is 3.12. The smallest absolute Gasteiger partial charge is 0.255 e. The summed E-state index contributed by atoms with van der Waals surface area (Å²) < 4.78 is 31.4. The minimum atomic E-state index is -3.42. The first-order valence-electron chi connectivity index (χ1n) is 8.97. The van der Waals surface area contributed by atoms with Gasteiger partial charge in [0.25, 0.3) is 5.91 Å². The quantitative estimate of drug-likeness (QED) is 0.785. The average Bonchev–Trinajstić information content (AvgIpc) is 3.09. The number of ether oxygens (including phenoxy) is 1. The van der Waals surface area contributed by atoms with Gasteiger partial charge in [0.1, 0.15) is 5.75 Å². The molecule has 0 atom stereocenters. The molecular formula is C20H24N2O4S. The second kappa shape index (κ2) is 8.00. The number of sulfonamides is 1. The summed E-state index contributed by atoms with van der Waals surface area (Å²) >= 11 is 0. The van der Waals surface area contributed by atoms with Crippen LogP contribution in [0.1, 0.15) is 41.6 Å². The fraction of sp³-hybridized carbons (Fsp3) is 0.350. The van der Waals surface area contributed by atoms with Gasteiger partial charge in [-0.25, -0.2) is 8.42 Å². The van der Waals surface area contributed by atoms with Gasteiger partial charge in [-0.05, 0) is 62.4 Å². The maximum Gasteiger partial charge on any atom is 0.255 e. The molecule has 1 amide bonds. The Morgan fingerprint density at radius 1 is 1.11 bits per heavy atom. The van der Waals surface area contributed by atoms with Crippen LogP contribution in [0.5, 0.6) is 5.75 Å². The number of aryl methyl sites for hydroxylation is 1.